The molecule has 0 aromatic heterocycles. The van der Waals surface area contributed by atoms with E-state index in [4.69, 9.17) is 11.6 Å². The van der Waals surface area contributed by atoms with Crippen LogP contribution in [0, 0.1) is 0 Å². The lowest BCUT2D eigenvalue weighted by Crippen LogP contribution is -2.37. The summed E-state index contributed by atoms with van der Waals surface area (Å²) in [5.41, 5.74) is 2.56. The van der Waals surface area contributed by atoms with Crippen molar-refractivity contribution >= 4 is 11.6 Å². The lowest BCUT2D eigenvalue weighted by atomic mass is 9.99. The highest BCUT2D eigenvalue weighted by molar-refractivity contribution is 6.30. The van der Waals surface area contributed by atoms with Gasteiger partial charge in [-0.05, 0) is 49.2 Å². The molecule has 0 aliphatic carbocycles. The van der Waals surface area contributed by atoms with Crippen LogP contribution >= 0.6 is 11.6 Å². The number of halogens is 1. The molecule has 122 valence electrons. The number of benzene rings is 2. The minimum atomic E-state index is 0.221. The molecular weight excluding hydrogens is 304 g/mol. The summed E-state index contributed by atoms with van der Waals surface area (Å²) in [5, 5.41) is 4.52. The molecule has 0 unspecified atom stereocenters. The molecule has 1 N–H and O–H groups in total. The predicted octanol–water partition coefficient (Wildman–Crippen LogP) is 4.50. The zero-order valence-electron chi connectivity index (χ0n) is 13.5. The molecule has 2 aromatic rings. The third kappa shape index (κ3) is 4.81. The zero-order valence-corrected chi connectivity index (χ0v) is 14.3. The van der Waals surface area contributed by atoms with Crippen LogP contribution in [0.1, 0.15) is 36.4 Å². The van der Waals surface area contributed by atoms with Crippen molar-refractivity contribution in [1.82, 2.24) is 10.2 Å². The third-order valence-corrected chi connectivity index (χ3v) is 4.81. The first-order valence-electron chi connectivity index (χ1n) is 8.59. The van der Waals surface area contributed by atoms with E-state index < -0.39 is 0 Å². The van der Waals surface area contributed by atoms with Gasteiger partial charge in [0.05, 0.1) is 6.04 Å². The molecule has 1 heterocycles. The van der Waals surface area contributed by atoms with Crippen LogP contribution in [0.3, 0.4) is 0 Å². The Morgan fingerprint density at radius 2 is 1.52 bits per heavy atom. The van der Waals surface area contributed by atoms with Crippen LogP contribution in [0.2, 0.25) is 5.02 Å². The van der Waals surface area contributed by atoms with Crippen LogP contribution in [0.4, 0.5) is 0 Å². The molecule has 0 radical (unpaired) electrons. The van der Waals surface area contributed by atoms with Crippen molar-refractivity contribution in [1.29, 1.82) is 0 Å². The molecule has 0 spiro atoms. The summed E-state index contributed by atoms with van der Waals surface area (Å²) < 4.78 is 0. The molecule has 2 aromatic carbocycles. The first-order chi connectivity index (χ1) is 11.3. The number of hydrogen-bond donors (Lipinski definition) is 1. The molecule has 23 heavy (non-hydrogen) atoms. The predicted molar refractivity (Wildman–Crippen MR) is 98.0 cm³/mol. The maximum Gasteiger partial charge on any atom is 0.0577 e. The Labute approximate surface area is 144 Å². The molecule has 1 atom stereocenters. The van der Waals surface area contributed by atoms with Gasteiger partial charge in [-0.2, -0.15) is 0 Å². The van der Waals surface area contributed by atoms with Gasteiger partial charge < -0.3 is 10.2 Å². The Balaban J connectivity index is 1.66. The van der Waals surface area contributed by atoms with E-state index in [1.165, 1.54) is 43.5 Å². The maximum atomic E-state index is 6.04. The first kappa shape index (κ1) is 16.5. The van der Waals surface area contributed by atoms with E-state index in [1.807, 2.05) is 12.1 Å². The fourth-order valence-electron chi connectivity index (χ4n) is 3.28. The van der Waals surface area contributed by atoms with Crippen molar-refractivity contribution in [2.75, 3.05) is 26.2 Å². The molecular formula is C20H25ClN2. The average molecular weight is 329 g/mol. The van der Waals surface area contributed by atoms with Gasteiger partial charge in [-0.25, -0.2) is 0 Å². The zero-order chi connectivity index (χ0) is 15.9. The third-order valence-electron chi connectivity index (χ3n) is 4.56. The molecule has 1 fully saturated rings. The van der Waals surface area contributed by atoms with Gasteiger partial charge in [-0.1, -0.05) is 60.5 Å². The van der Waals surface area contributed by atoms with E-state index in [0.29, 0.717) is 0 Å². The lowest BCUT2D eigenvalue weighted by Gasteiger charge is -2.28. The smallest absolute Gasteiger partial charge is 0.0577 e. The topological polar surface area (TPSA) is 15.3 Å². The van der Waals surface area contributed by atoms with E-state index in [0.717, 1.165) is 18.1 Å². The Hall–Kier alpha value is -1.35. The van der Waals surface area contributed by atoms with Crippen LogP contribution in [0.15, 0.2) is 54.6 Å². The normalized spacial score (nSPS) is 17.1. The van der Waals surface area contributed by atoms with Crippen molar-refractivity contribution in [3.05, 3.63) is 70.7 Å². The van der Waals surface area contributed by atoms with Gasteiger partial charge in [0.25, 0.3) is 0 Å². The molecule has 1 saturated heterocycles. The summed E-state index contributed by atoms with van der Waals surface area (Å²) in [6.07, 6.45) is 4.08. The van der Waals surface area contributed by atoms with Crippen molar-refractivity contribution < 1.29 is 0 Å². The fourth-order valence-corrected chi connectivity index (χ4v) is 3.40. The Morgan fingerprint density at radius 3 is 2.22 bits per heavy atom. The number of piperidine rings is 1. The van der Waals surface area contributed by atoms with Crippen molar-refractivity contribution in [3.8, 4) is 0 Å². The summed E-state index contributed by atoms with van der Waals surface area (Å²) >= 11 is 6.04. The summed E-state index contributed by atoms with van der Waals surface area (Å²) in [7, 11) is 0. The average Bonchev–Trinajstić information content (AvgIpc) is 2.61. The van der Waals surface area contributed by atoms with Crippen molar-refractivity contribution in [2.24, 2.45) is 0 Å². The van der Waals surface area contributed by atoms with Crippen LogP contribution < -0.4 is 5.32 Å². The highest BCUT2D eigenvalue weighted by Crippen LogP contribution is 2.23. The Bertz CT molecular complexity index is 576. The number of nitrogens with zero attached hydrogens (tertiary/aromatic N) is 1. The van der Waals surface area contributed by atoms with Gasteiger partial charge >= 0.3 is 0 Å². The minimum Gasteiger partial charge on any atom is -0.305 e. The molecule has 2 nitrogen and oxygen atoms in total. The van der Waals surface area contributed by atoms with Gasteiger partial charge in [0.1, 0.15) is 0 Å². The molecule has 1 aliphatic heterocycles. The number of nitrogens with one attached hydrogen (secondary N) is 1. The Kier molecular flexibility index (Phi) is 6.09. The summed E-state index contributed by atoms with van der Waals surface area (Å²) in [5.74, 6) is 0. The van der Waals surface area contributed by atoms with Gasteiger partial charge in [0, 0.05) is 18.1 Å². The largest absolute Gasteiger partial charge is 0.305 e. The second-order valence-corrected chi connectivity index (χ2v) is 6.69. The van der Waals surface area contributed by atoms with E-state index in [-0.39, 0.29) is 6.04 Å². The van der Waals surface area contributed by atoms with Gasteiger partial charge in [0.2, 0.25) is 0 Å². The number of likely N-dealkylation sites (tertiary alicyclic amines) is 1. The van der Waals surface area contributed by atoms with Crippen LogP contribution in [-0.4, -0.2) is 31.1 Å². The highest BCUT2D eigenvalue weighted by atomic mass is 35.5. The van der Waals surface area contributed by atoms with Gasteiger partial charge in [0.15, 0.2) is 0 Å². The van der Waals surface area contributed by atoms with Crippen LogP contribution in [0.5, 0.6) is 0 Å². The molecule has 3 rings (SSSR count). The van der Waals surface area contributed by atoms with E-state index in [9.17, 15) is 0 Å². The lowest BCUT2D eigenvalue weighted by molar-refractivity contribution is 0.227. The molecule has 3 heteroatoms. The molecule has 0 bridgehead atoms. The number of rotatable bonds is 6. The second kappa shape index (κ2) is 8.49. The van der Waals surface area contributed by atoms with E-state index in [2.05, 4.69) is 52.7 Å². The van der Waals surface area contributed by atoms with Crippen LogP contribution in [0.25, 0.3) is 0 Å². The van der Waals surface area contributed by atoms with Gasteiger partial charge in [-0.15, -0.1) is 0 Å². The molecule has 0 saturated carbocycles. The first-order valence-corrected chi connectivity index (χ1v) is 8.97. The fraction of sp³-hybridized carbons (Fsp3) is 0.400. The standard InChI is InChI=1S/C20H25ClN2/c21-19-11-9-18(10-12-19)20(17-7-3-1-4-8-17)22-13-16-23-14-5-2-6-15-23/h1,3-4,7-12,20,22H,2,5-6,13-16H2/t20-/m1/s1. The monoisotopic (exact) mass is 328 g/mol. The summed E-state index contributed by atoms with van der Waals surface area (Å²) in [4.78, 5) is 2.57. The van der Waals surface area contributed by atoms with Gasteiger partial charge in [-0.3, -0.25) is 0 Å². The quantitative estimate of drug-likeness (QED) is 0.839. The van der Waals surface area contributed by atoms with E-state index >= 15 is 0 Å². The second-order valence-electron chi connectivity index (χ2n) is 6.25. The highest BCUT2D eigenvalue weighted by Gasteiger charge is 2.15. The van der Waals surface area contributed by atoms with Crippen LogP contribution in [-0.2, 0) is 0 Å². The summed E-state index contributed by atoms with van der Waals surface area (Å²) in [6.45, 7) is 4.62. The van der Waals surface area contributed by atoms with E-state index in [1.54, 1.807) is 0 Å². The number of hydrogen-bond acceptors (Lipinski definition) is 2. The van der Waals surface area contributed by atoms with Crippen molar-refractivity contribution in [2.45, 2.75) is 25.3 Å². The Morgan fingerprint density at radius 1 is 0.870 bits per heavy atom. The minimum absolute atomic E-state index is 0.221. The molecule has 1 aliphatic rings. The SMILES string of the molecule is Clc1ccc([C@H](NCCN2CCCCC2)c2ccccc2)cc1. The van der Waals surface area contributed by atoms with Crippen molar-refractivity contribution in [3.63, 3.8) is 0 Å². The molecule has 0 amide bonds. The summed E-state index contributed by atoms with van der Waals surface area (Å²) in [6, 6.07) is 19.0. The maximum absolute atomic E-state index is 6.04.